The molecule has 6 nitrogen and oxygen atoms in total. The van der Waals surface area contributed by atoms with Crippen LogP contribution < -0.4 is 5.32 Å². The lowest BCUT2D eigenvalue weighted by Gasteiger charge is -2.28. The van der Waals surface area contributed by atoms with Crippen LogP contribution in [0.3, 0.4) is 0 Å². The van der Waals surface area contributed by atoms with Gasteiger partial charge in [0, 0.05) is 31.7 Å². The normalized spacial score (nSPS) is 19.4. The highest BCUT2D eigenvalue weighted by Gasteiger charge is 2.40. The van der Waals surface area contributed by atoms with Gasteiger partial charge in [0.05, 0.1) is 37.2 Å². The van der Waals surface area contributed by atoms with Crippen LogP contribution in [0, 0.1) is 0 Å². The molecule has 140 valence electrons. The Bertz CT molecular complexity index is 879. The maximum Gasteiger partial charge on any atom is 0.170 e. The molecule has 27 heavy (non-hydrogen) atoms. The molecule has 0 radical (unpaired) electrons. The minimum atomic E-state index is -0.0270. The largest absolute Gasteiger partial charge is 0.467 e. The maximum atomic E-state index is 5.64. The Kier molecular flexibility index (Phi) is 5.22. The van der Waals surface area contributed by atoms with Crippen molar-refractivity contribution >= 4 is 17.3 Å². The minimum Gasteiger partial charge on any atom is -0.467 e. The zero-order chi connectivity index (χ0) is 18.6. The fraction of sp³-hybridized carbons (Fsp3) is 0.300. The Morgan fingerprint density at radius 2 is 2.15 bits per heavy atom. The van der Waals surface area contributed by atoms with E-state index in [-0.39, 0.29) is 12.1 Å². The molecule has 1 N–H and O–H groups in total. The predicted molar refractivity (Wildman–Crippen MR) is 106 cm³/mol. The summed E-state index contributed by atoms with van der Waals surface area (Å²) in [6.45, 7) is 1.99. The molecule has 3 aromatic heterocycles. The van der Waals surface area contributed by atoms with Crippen LogP contribution in [0.25, 0.3) is 0 Å². The van der Waals surface area contributed by atoms with Crippen molar-refractivity contribution in [3.63, 3.8) is 0 Å². The molecular weight excluding hydrogens is 360 g/mol. The number of methoxy groups -OCH3 is 1. The molecule has 1 aliphatic heterocycles. The zero-order valence-corrected chi connectivity index (χ0v) is 15.9. The molecule has 0 saturated carbocycles. The van der Waals surface area contributed by atoms with Crippen molar-refractivity contribution in [2.75, 3.05) is 20.3 Å². The van der Waals surface area contributed by atoms with Gasteiger partial charge in [0.15, 0.2) is 5.11 Å². The van der Waals surface area contributed by atoms with E-state index in [2.05, 4.69) is 38.1 Å². The second kappa shape index (κ2) is 7.94. The van der Waals surface area contributed by atoms with Crippen LogP contribution in [0.5, 0.6) is 0 Å². The molecule has 3 aromatic rings. The molecular formula is C20H22N4O2S. The van der Waals surface area contributed by atoms with Crippen molar-refractivity contribution in [2.24, 2.45) is 0 Å². The molecule has 7 heteroatoms. The van der Waals surface area contributed by atoms with Gasteiger partial charge in [-0.2, -0.15) is 0 Å². The monoisotopic (exact) mass is 382 g/mol. The van der Waals surface area contributed by atoms with Crippen LogP contribution in [0.15, 0.2) is 65.5 Å². The van der Waals surface area contributed by atoms with E-state index >= 15 is 0 Å². The van der Waals surface area contributed by atoms with Crippen molar-refractivity contribution in [1.82, 2.24) is 19.8 Å². The average Bonchev–Trinajstić information content (AvgIpc) is 3.42. The summed E-state index contributed by atoms with van der Waals surface area (Å²) in [7, 11) is 1.71. The number of pyridine rings is 1. The van der Waals surface area contributed by atoms with Gasteiger partial charge in [-0.1, -0.05) is 6.07 Å². The molecule has 0 spiro atoms. The Morgan fingerprint density at radius 1 is 1.22 bits per heavy atom. The summed E-state index contributed by atoms with van der Waals surface area (Å²) in [5.74, 6) is 0.916. The average molecular weight is 382 g/mol. The fourth-order valence-corrected chi connectivity index (χ4v) is 3.90. The van der Waals surface area contributed by atoms with Crippen molar-refractivity contribution in [1.29, 1.82) is 0 Å². The van der Waals surface area contributed by atoms with Gasteiger partial charge in [-0.25, -0.2) is 0 Å². The van der Waals surface area contributed by atoms with Crippen molar-refractivity contribution < 1.29 is 9.15 Å². The highest BCUT2D eigenvalue weighted by Crippen LogP contribution is 2.38. The molecule has 1 fully saturated rings. The molecule has 4 rings (SSSR count). The number of hydrogen-bond acceptors (Lipinski definition) is 4. The molecule has 1 aliphatic rings. The third-order valence-electron chi connectivity index (χ3n) is 4.81. The molecule has 0 unspecified atom stereocenters. The third-order valence-corrected chi connectivity index (χ3v) is 5.16. The Labute approximate surface area is 163 Å². The van der Waals surface area contributed by atoms with E-state index in [9.17, 15) is 0 Å². The Morgan fingerprint density at radius 3 is 2.89 bits per heavy atom. The number of nitrogens with zero attached hydrogens (tertiary/aromatic N) is 3. The Balaban J connectivity index is 1.71. The van der Waals surface area contributed by atoms with Crippen molar-refractivity contribution in [3.05, 3.63) is 78.3 Å². The second-order valence-electron chi connectivity index (χ2n) is 6.45. The molecule has 0 aromatic carbocycles. The van der Waals surface area contributed by atoms with E-state index in [4.69, 9.17) is 21.4 Å². The van der Waals surface area contributed by atoms with Gasteiger partial charge >= 0.3 is 0 Å². The van der Waals surface area contributed by atoms with Crippen LogP contribution in [0.1, 0.15) is 29.2 Å². The highest BCUT2D eigenvalue weighted by molar-refractivity contribution is 7.80. The van der Waals surface area contributed by atoms with E-state index in [0.717, 1.165) is 22.3 Å². The SMILES string of the molecule is COCCN1C(=S)N[C@@H](c2ccccn2)[C@@H]1c1cccn1Cc1ccco1. The maximum absolute atomic E-state index is 5.64. The summed E-state index contributed by atoms with van der Waals surface area (Å²) in [6, 6.07) is 14.0. The summed E-state index contributed by atoms with van der Waals surface area (Å²) >= 11 is 5.64. The lowest BCUT2D eigenvalue weighted by Crippen LogP contribution is -2.33. The van der Waals surface area contributed by atoms with Crippen molar-refractivity contribution in [2.45, 2.75) is 18.6 Å². The van der Waals surface area contributed by atoms with E-state index < -0.39 is 0 Å². The smallest absolute Gasteiger partial charge is 0.170 e. The molecule has 0 amide bonds. The molecule has 0 bridgehead atoms. The topological polar surface area (TPSA) is 55.5 Å². The van der Waals surface area contributed by atoms with Gasteiger partial charge in [-0.15, -0.1) is 0 Å². The van der Waals surface area contributed by atoms with Gasteiger partial charge in [0.2, 0.25) is 0 Å². The van der Waals surface area contributed by atoms with Gasteiger partial charge in [-0.05, 0) is 48.6 Å². The van der Waals surface area contributed by atoms with Crippen LogP contribution in [-0.4, -0.2) is 39.8 Å². The first kappa shape index (κ1) is 17.8. The summed E-state index contributed by atoms with van der Waals surface area (Å²) in [4.78, 5) is 6.75. The number of rotatable bonds is 7. The summed E-state index contributed by atoms with van der Waals surface area (Å²) in [6.07, 6.45) is 5.59. The standard InChI is InChI=1S/C20H22N4O2S/c1-25-13-11-24-19(18(22-20(24)27)16-7-2-3-9-21-16)17-8-4-10-23(17)14-15-6-5-12-26-15/h2-10,12,18-19H,11,13-14H2,1H3,(H,22,27)/t18-,19-/m0/s1. The van der Waals surface area contributed by atoms with Gasteiger partial charge in [0.1, 0.15) is 5.76 Å². The first-order valence-electron chi connectivity index (χ1n) is 8.92. The number of ether oxygens (including phenoxy) is 1. The van der Waals surface area contributed by atoms with Crippen LogP contribution in [0.4, 0.5) is 0 Å². The molecule has 4 heterocycles. The van der Waals surface area contributed by atoms with Crippen LogP contribution >= 0.6 is 12.2 Å². The van der Waals surface area contributed by atoms with E-state index in [1.807, 2.05) is 36.5 Å². The minimum absolute atomic E-state index is 0.0208. The summed E-state index contributed by atoms with van der Waals surface area (Å²) in [5, 5.41) is 4.18. The van der Waals surface area contributed by atoms with Crippen molar-refractivity contribution in [3.8, 4) is 0 Å². The lowest BCUT2D eigenvalue weighted by atomic mass is 10.0. The zero-order valence-electron chi connectivity index (χ0n) is 15.1. The Hall–Kier alpha value is -2.64. The van der Waals surface area contributed by atoms with Gasteiger partial charge < -0.3 is 23.9 Å². The first-order valence-corrected chi connectivity index (χ1v) is 9.33. The quantitative estimate of drug-likeness (QED) is 0.634. The lowest BCUT2D eigenvalue weighted by molar-refractivity contribution is 0.162. The number of hydrogen-bond donors (Lipinski definition) is 1. The number of furan rings is 1. The fourth-order valence-electron chi connectivity index (χ4n) is 3.57. The third kappa shape index (κ3) is 3.61. The molecule has 0 aliphatic carbocycles. The summed E-state index contributed by atoms with van der Waals surface area (Å²) < 4.78 is 13.1. The molecule has 1 saturated heterocycles. The number of aromatic nitrogens is 2. The van der Waals surface area contributed by atoms with Gasteiger partial charge in [-0.3, -0.25) is 4.98 Å². The predicted octanol–water partition coefficient (Wildman–Crippen LogP) is 3.14. The van der Waals surface area contributed by atoms with Crippen LogP contribution in [-0.2, 0) is 11.3 Å². The first-order chi connectivity index (χ1) is 13.3. The van der Waals surface area contributed by atoms with E-state index in [0.29, 0.717) is 19.7 Å². The number of thiocarbonyl (C=S) groups is 1. The second-order valence-corrected chi connectivity index (χ2v) is 6.84. The van der Waals surface area contributed by atoms with E-state index in [1.165, 1.54) is 0 Å². The van der Waals surface area contributed by atoms with Gasteiger partial charge in [0.25, 0.3) is 0 Å². The number of nitrogens with one attached hydrogen (secondary N) is 1. The molecule has 2 atom stereocenters. The highest BCUT2D eigenvalue weighted by atomic mass is 32.1. The van der Waals surface area contributed by atoms with Crippen LogP contribution in [0.2, 0.25) is 0 Å². The summed E-state index contributed by atoms with van der Waals surface area (Å²) in [5.41, 5.74) is 2.13. The van der Waals surface area contributed by atoms with E-state index in [1.54, 1.807) is 13.4 Å².